The molecule has 0 saturated carbocycles. The molecule has 7 heteroatoms. The van der Waals surface area contributed by atoms with Gasteiger partial charge in [-0.05, 0) is 48.9 Å². The number of nitrogens with zero attached hydrogens (tertiary/aromatic N) is 1. The van der Waals surface area contributed by atoms with Crippen LogP contribution in [0.2, 0.25) is 0 Å². The van der Waals surface area contributed by atoms with Gasteiger partial charge in [-0.3, -0.25) is 9.36 Å². The van der Waals surface area contributed by atoms with E-state index in [-0.39, 0.29) is 23.5 Å². The van der Waals surface area contributed by atoms with Crippen molar-refractivity contribution in [3.05, 3.63) is 69.5 Å². The maximum Gasteiger partial charge on any atom is 0.420 e. The van der Waals surface area contributed by atoms with E-state index in [2.05, 4.69) is 4.74 Å². The van der Waals surface area contributed by atoms with Gasteiger partial charge in [0.1, 0.15) is 5.82 Å². The van der Waals surface area contributed by atoms with E-state index < -0.39 is 17.5 Å². The van der Waals surface area contributed by atoms with Gasteiger partial charge in [0.25, 0.3) is 0 Å². The number of aromatic nitrogens is 1. The van der Waals surface area contributed by atoms with Crippen LogP contribution in [0.25, 0.3) is 11.1 Å². The molecule has 0 bridgehead atoms. The van der Waals surface area contributed by atoms with Gasteiger partial charge in [0, 0.05) is 5.56 Å². The number of oxazole rings is 1. The lowest BCUT2D eigenvalue weighted by Crippen LogP contribution is -2.20. The number of ketones is 1. The molecule has 1 heterocycles. The summed E-state index contributed by atoms with van der Waals surface area (Å²) in [6.07, 6.45) is 0. The fraction of sp³-hybridized carbons (Fsp3) is 0.167. The Morgan fingerprint density at radius 1 is 1.16 bits per heavy atom. The van der Waals surface area contributed by atoms with Crippen LogP contribution >= 0.6 is 0 Å². The number of esters is 1. The average molecular weight is 343 g/mol. The van der Waals surface area contributed by atoms with Gasteiger partial charge < -0.3 is 9.15 Å². The summed E-state index contributed by atoms with van der Waals surface area (Å²) in [5, 5.41) is 0. The summed E-state index contributed by atoms with van der Waals surface area (Å²) in [5.41, 5.74) is 1.43. The molecule has 0 aliphatic heterocycles. The molecule has 0 N–H and O–H groups in total. The molecule has 3 rings (SSSR count). The smallest absolute Gasteiger partial charge is 0.420 e. The molecule has 0 atom stereocenters. The van der Waals surface area contributed by atoms with Crippen molar-refractivity contribution < 1.29 is 23.1 Å². The molecule has 0 spiro atoms. The Kier molecular flexibility index (Phi) is 4.22. The number of carbonyl (C=O) groups excluding carboxylic acids is 2. The average Bonchev–Trinajstić information content (AvgIpc) is 2.91. The molecule has 6 nitrogen and oxygen atoms in total. The Balaban J connectivity index is 1.97. The number of aryl methyl sites for hydroxylation is 1. The van der Waals surface area contributed by atoms with Crippen molar-refractivity contribution in [1.29, 1.82) is 0 Å². The van der Waals surface area contributed by atoms with Gasteiger partial charge in [0.05, 0.1) is 24.7 Å². The van der Waals surface area contributed by atoms with E-state index in [0.717, 1.165) is 4.57 Å². The molecule has 0 aliphatic carbocycles. The van der Waals surface area contributed by atoms with E-state index in [1.54, 1.807) is 6.92 Å². The Morgan fingerprint density at radius 2 is 1.88 bits per heavy atom. The third kappa shape index (κ3) is 3.08. The highest BCUT2D eigenvalue weighted by Crippen LogP contribution is 2.17. The number of rotatable bonds is 4. The normalized spacial score (nSPS) is 10.8. The quantitative estimate of drug-likeness (QED) is 0.538. The number of halogens is 1. The van der Waals surface area contributed by atoms with E-state index >= 15 is 0 Å². The lowest BCUT2D eigenvalue weighted by Gasteiger charge is -2.04. The minimum Gasteiger partial charge on any atom is -0.465 e. The van der Waals surface area contributed by atoms with Gasteiger partial charge in [0.15, 0.2) is 11.4 Å². The molecule has 0 radical (unpaired) electrons. The molecule has 0 fully saturated rings. The van der Waals surface area contributed by atoms with E-state index in [1.807, 2.05) is 0 Å². The largest absolute Gasteiger partial charge is 0.465 e. The fourth-order valence-corrected chi connectivity index (χ4v) is 2.51. The number of fused-ring (bicyclic) bond motifs is 1. The Hall–Kier alpha value is -3.22. The third-order valence-corrected chi connectivity index (χ3v) is 3.87. The van der Waals surface area contributed by atoms with E-state index in [0.29, 0.717) is 16.6 Å². The van der Waals surface area contributed by atoms with Gasteiger partial charge in [-0.25, -0.2) is 14.0 Å². The lowest BCUT2D eigenvalue weighted by molar-refractivity contribution is 0.0600. The number of hydrogen-bond acceptors (Lipinski definition) is 5. The van der Waals surface area contributed by atoms with Gasteiger partial charge in [-0.1, -0.05) is 0 Å². The first-order valence-corrected chi connectivity index (χ1v) is 7.42. The van der Waals surface area contributed by atoms with Crippen molar-refractivity contribution >= 4 is 22.9 Å². The zero-order valence-corrected chi connectivity index (χ0v) is 13.5. The monoisotopic (exact) mass is 343 g/mol. The summed E-state index contributed by atoms with van der Waals surface area (Å²) < 4.78 is 24.2. The molecule has 1 aromatic heterocycles. The molecule has 25 heavy (non-hydrogen) atoms. The van der Waals surface area contributed by atoms with Gasteiger partial charge in [-0.2, -0.15) is 0 Å². The van der Waals surface area contributed by atoms with Crippen LogP contribution in [0.15, 0.2) is 45.6 Å². The van der Waals surface area contributed by atoms with Crippen LogP contribution in [0.1, 0.15) is 26.3 Å². The minimum atomic E-state index is -0.718. The van der Waals surface area contributed by atoms with E-state index in [4.69, 9.17) is 4.42 Å². The van der Waals surface area contributed by atoms with Crippen LogP contribution in [-0.2, 0) is 11.3 Å². The molecule has 0 aliphatic rings. The molecular formula is C18H14FNO5. The number of ether oxygens (including phenoxy) is 1. The topological polar surface area (TPSA) is 78.5 Å². The van der Waals surface area contributed by atoms with E-state index in [9.17, 15) is 18.8 Å². The van der Waals surface area contributed by atoms with Gasteiger partial charge in [0.2, 0.25) is 0 Å². The number of carbonyl (C=O) groups is 2. The molecule has 128 valence electrons. The summed E-state index contributed by atoms with van der Waals surface area (Å²) in [6, 6.07) is 8.38. The molecule has 2 aromatic carbocycles. The zero-order valence-electron chi connectivity index (χ0n) is 13.5. The van der Waals surface area contributed by atoms with Crippen LogP contribution < -0.4 is 5.76 Å². The number of Topliss-reactive ketones (excluding diaryl/α,β-unsaturated/α-hetero) is 1. The molecular weight excluding hydrogens is 329 g/mol. The van der Waals surface area contributed by atoms with Crippen molar-refractivity contribution in [1.82, 2.24) is 4.57 Å². The van der Waals surface area contributed by atoms with Crippen LogP contribution in [0.3, 0.4) is 0 Å². The SMILES string of the molecule is COC(=O)c1ccc2c(c1)oc(=O)n2CC(=O)c1ccc(F)c(C)c1. The lowest BCUT2D eigenvalue weighted by atomic mass is 10.1. The summed E-state index contributed by atoms with van der Waals surface area (Å²) in [4.78, 5) is 36.0. The van der Waals surface area contributed by atoms with E-state index in [1.165, 1.54) is 43.5 Å². The third-order valence-electron chi connectivity index (χ3n) is 3.87. The molecule has 0 saturated heterocycles. The van der Waals surface area contributed by atoms with Crippen molar-refractivity contribution in [2.45, 2.75) is 13.5 Å². The first kappa shape index (κ1) is 16.6. The summed E-state index contributed by atoms with van der Waals surface area (Å²) >= 11 is 0. The van der Waals surface area contributed by atoms with Gasteiger partial charge >= 0.3 is 11.7 Å². The Morgan fingerprint density at radius 3 is 2.56 bits per heavy atom. The fourth-order valence-electron chi connectivity index (χ4n) is 2.51. The van der Waals surface area contributed by atoms with Gasteiger partial charge in [-0.15, -0.1) is 0 Å². The van der Waals surface area contributed by atoms with Crippen molar-refractivity contribution in [2.24, 2.45) is 0 Å². The highest BCUT2D eigenvalue weighted by atomic mass is 19.1. The molecule has 0 amide bonds. The van der Waals surface area contributed by atoms with Crippen LogP contribution in [0.4, 0.5) is 4.39 Å². The maximum atomic E-state index is 13.3. The highest BCUT2D eigenvalue weighted by Gasteiger charge is 2.16. The minimum absolute atomic E-state index is 0.177. The highest BCUT2D eigenvalue weighted by molar-refractivity contribution is 5.97. The summed E-state index contributed by atoms with van der Waals surface area (Å²) in [7, 11) is 1.25. The van der Waals surface area contributed by atoms with Crippen LogP contribution in [-0.4, -0.2) is 23.4 Å². The predicted octanol–water partition coefficient (Wildman–Crippen LogP) is 2.71. The van der Waals surface area contributed by atoms with Crippen LogP contribution in [0, 0.1) is 12.7 Å². The van der Waals surface area contributed by atoms with Crippen molar-refractivity contribution in [2.75, 3.05) is 7.11 Å². The predicted molar refractivity (Wildman–Crippen MR) is 87.3 cm³/mol. The Bertz CT molecular complexity index is 1050. The number of hydrogen-bond donors (Lipinski definition) is 0. The first-order chi connectivity index (χ1) is 11.9. The molecule has 0 unspecified atom stereocenters. The van der Waals surface area contributed by atoms with Crippen LogP contribution in [0.5, 0.6) is 0 Å². The summed E-state index contributed by atoms with van der Waals surface area (Å²) in [6.45, 7) is 1.30. The maximum absolute atomic E-state index is 13.3. The standard InChI is InChI=1S/C18H14FNO5/c1-10-7-11(3-5-13(10)19)15(21)9-20-14-6-4-12(17(22)24-2)8-16(14)25-18(20)23/h3-8H,9H2,1-2H3. The number of benzene rings is 2. The second kappa shape index (κ2) is 6.35. The second-order valence-corrected chi connectivity index (χ2v) is 5.52. The zero-order chi connectivity index (χ0) is 18.1. The second-order valence-electron chi connectivity index (χ2n) is 5.52. The number of methoxy groups -OCH3 is 1. The summed E-state index contributed by atoms with van der Waals surface area (Å²) in [5.74, 6) is -2.04. The molecule has 3 aromatic rings. The first-order valence-electron chi connectivity index (χ1n) is 7.42. The van der Waals surface area contributed by atoms with Crippen molar-refractivity contribution in [3.63, 3.8) is 0 Å². The Labute approximate surface area is 141 Å². The van der Waals surface area contributed by atoms with Crippen molar-refractivity contribution in [3.8, 4) is 0 Å².